The summed E-state index contributed by atoms with van der Waals surface area (Å²) >= 11 is 0. The van der Waals surface area contributed by atoms with Gasteiger partial charge in [-0.3, -0.25) is 4.98 Å². The number of nitrogens with zero attached hydrogens (tertiary/aromatic N) is 1. The van der Waals surface area contributed by atoms with Gasteiger partial charge in [-0.15, -0.1) is 0 Å². The topological polar surface area (TPSA) is 24.9 Å². The van der Waals surface area contributed by atoms with Gasteiger partial charge in [-0.2, -0.15) is 0 Å². The summed E-state index contributed by atoms with van der Waals surface area (Å²) < 4.78 is 0. The predicted molar refractivity (Wildman–Crippen MR) is 89.2 cm³/mol. The van der Waals surface area contributed by atoms with Crippen molar-refractivity contribution in [2.24, 2.45) is 0 Å². The van der Waals surface area contributed by atoms with Crippen LogP contribution < -0.4 is 5.32 Å². The first-order valence-electron chi connectivity index (χ1n) is 7.50. The van der Waals surface area contributed by atoms with Crippen molar-refractivity contribution in [3.8, 4) is 11.1 Å². The SMILES string of the molecule is CCCNCc1cncc(-c2ccc3ccccc3c2)c1. The monoisotopic (exact) mass is 276 g/mol. The van der Waals surface area contributed by atoms with Gasteiger partial charge in [0, 0.05) is 24.5 Å². The molecule has 0 unspecified atom stereocenters. The minimum absolute atomic E-state index is 0.877. The largest absolute Gasteiger partial charge is 0.313 e. The number of aromatic nitrogens is 1. The Morgan fingerprint density at radius 2 is 1.76 bits per heavy atom. The fourth-order valence-corrected chi connectivity index (χ4v) is 2.52. The van der Waals surface area contributed by atoms with Gasteiger partial charge in [0.25, 0.3) is 0 Å². The number of pyridine rings is 1. The number of benzene rings is 2. The maximum atomic E-state index is 4.38. The van der Waals surface area contributed by atoms with Crippen LogP contribution in [0.1, 0.15) is 18.9 Å². The number of hydrogen-bond donors (Lipinski definition) is 1. The third-order valence-corrected chi connectivity index (χ3v) is 3.63. The first kappa shape index (κ1) is 13.8. The van der Waals surface area contributed by atoms with Crippen molar-refractivity contribution in [2.45, 2.75) is 19.9 Å². The van der Waals surface area contributed by atoms with Gasteiger partial charge >= 0.3 is 0 Å². The molecular formula is C19H20N2. The molecule has 3 aromatic rings. The number of rotatable bonds is 5. The van der Waals surface area contributed by atoms with Crippen molar-refractivity contribution in [1.29, 1.82) is 0 Å². The molecule has 0 saturated carbocycles. The Bertz CT molecular complexity index is 734. The lowest BCUT2D eigenvalue weighted by Crippen LogP contribution is -2.13. The summed E-state index contributed by atoms with van der Waals surface area (Å²) in [7, 11) is 0. The van der Waals surface area contributed by atoms with Crippen LogP contribution in [-0.4, -0.2) is 11.5 Å². The maximum Gasteiger partial charge on any atom is 0.0346 e. The molecule has 2 heteroatoms. The zero-order chi connectivity index (χ0) is 14.5. The summed E-state index contributed by atoms with van der Waals surface area (Å²) in [6.45, 7) is 4.10. The normalized spacial score (nSPS) is 10.9. The summed E-state index contributed by atoms with van der Waals surface area (Å²) in [6.07, 6.45) is 5.03. The Morgan fingerprint density at radius 3 is 2.62 bits per heavy atom. The minimum Gasteiger partial charge on any atom is -0.313 e. The fourth-order valence-electron chi connectivity index (χ4n) is 2.52. The van der Waals surface area contributed by atoms with Crippen molar-refractivity contribution < 1.29 is 0 Å². The van der Waals surface area contributed by atoms with E-state index in [1.54, 1.807) is 0 Å². The fraction of sp³-hybridized carbons (Fsp3) is 0.211. The highest BCUT2D eigenvalue weighted by atomic mass is 14.8. The van der Waals surface area contributed by atoms with E-state index in [4.69, 9.17) is 0 Å². The molecule has 0 atom stereocenters. The molecular weight excluding hydrogens is 256 g/mol. The average Bonchev–Trinajstić information content (AvgIpc) is 2.55. The van der Waals surface area contributed by atoms with Crippen LogP contribution in [0.3, 0.4) is 0 Å². The Balaban J connectivity index is 1.89. The summed E-state index contributed by atoms with van der Waals surface area (Å²) in [5, 5.41) is 5.96. The van der Waals surface area contributed by atoms with E-state index in [0.29, 0.717) is 0 Å². The zero-order valence-corrected chi connectivity index (χ0v) is 12.3. The van der Waals surface area contributed by atoms with Crippen molar-refractivity contribution >= 4 is 10.8 Å². The highest BCUT2D eigenvalue weighted by Gasteiger charge is 2.02. The quantitative estimate of drug-likeness (QED) is 0.699. The highest BCUT2D eigenvalue weighted by molar-refractivity contribution is 5.87. The summed E-state index contributed by atoms with van der Waals surface area (Å²) in [5.41, 5.74) is 3.63. The lowest BCUT2D eigenvalue weighted by molar-refractivity contribution is 0.674. The third-order valence-electron chi connectivity index (χ3n) is 3.63. The van der Waals surface area contributed by atoms with Crippen molar-refractivity contribution in [1.82, 2.24) is 10.3 Å². The third kappa shape index (κ3) is 3.29. The van der Waals surface area contributed by atoms with E-state index in [-0.39, 0.29) is 0 Å². The second kappa shape index (κ2) is 6.51. The van der Waals surface area contributed by atoms with Gasteiger partial charge in [0.2, 0.25) is 0 Å². The van der Waals surface area contributed by atoms with Crippen LogP contribution in [0.2, 0.25) is 0 Å². The van der Waals surface area contributed by atoms with Crippen LogP contribution in [0.25, 0.3) is 21.9 Å². The van der Waals surface area contributed by atoms with E-state index >= 15 is 0 Å². The van der Waals surface area contributed by atoms with Crippen LogP contribution in [0.5, 0.6) is 0 Å². The summed E-state index contributed by atoms with van der Waals surface area (Å²) in [4.78, 5) is 4.38. The Hall–Kier alpha value is -2.19. The first-order chi connectivity index (χ1) is 10.4. The van der Waals surface area contributed by atoms with Gasteiger partial charge in [0.15, 0.2) is 0 Å². The Morgan fingerprint density at radius 1 is 0.905 bits per heavy atom. The van der Waals surface area contributed by atoms with E-state index in [2.05, 4.69) is 65.8 Å². The minimum atomic E-state index is 0.877. The molecule has 21 heavy (non-hydrogen) atoms. The van der Waals surface area contributed by atoms with Crippen LogP contribution in [-0.2, 0) is 6.54 Å². The van der Waals surface area contributed by atoms with Crippen molar-refractivity contribution in [2.75, 3.05) is 6.54 Å². The molecule has 106 valence electrons. The lowest BCUT2D eigenvalue weighted by Gasteiger charge is -2.07. The van der Waals surface area contributed by atoms with Crippen LogP contribution in [0.4, 0.5) is 0 Å². The molecule has 0 fully saturated rings. The maximum absolute atomic E-state index is 4.38. The number of hydrogen-bond acceptors (Lipinski definition) is 2. The van der Waals surface area contributed by atoms with Gasteiger partial charge in [-0.05, 0) is 47.0 Å². The molecule has 1 aromatic heterocycles. The van der Waals surface area contributed by atoms with E-state index < -0.39 is 0 Å². The lowest BCUT2D eigenvalue weighted by atomic mass is 10.0. The second-order valence-corrected chi connectivity index (χ2v) is 5.32. The van der Waals surface area contributed by atoms with E-state index in [0.717, 1.165) is 19.5 Å². The second-order valence-electron chi connectivity index (χ2n) is 5.32. The predicted octanol–water partition coefficient (Wildman–Crippen LogP) is 4.40. The van der Waals surface area contributed by atoms with Gasteiger partial charge < -0.3 is 5.32 Å². The molecule has 0 aliphatic heterocycles. The Labute approximate surface area is 125 Å². The molecule has 2 nitrogen and oxygen atoms in total. The summed E-state index contributed by atoms with van der Waals surface area (Å²) in [5.74, 6) is 0. The highest BCUT2D eigenvalue weighted by Crippen LogP contribution is 2.24. The van der Waals surface area contributed by atoms with Gasteiger partial charge in [-0.25, -0.2) is 0 Å². The van der Waals surface area contributed by atoms with Gasteiger partial charge in [0.1, 0.15) is 0 Å². The smallest absolute Gasteiger partial charge is 0.0346 e. The molecule has 1 N–H and O–H groups in total. The number of fused-ring (bicyclic) bond motifs is 1. The van der Waals surface area contributed by atoms with Crippen LogP contribution in [0, 0.1) is 0 Å². The zero-order valence-electron chi connectivity index (χ0n) is 12.3. The van der Waals surface area contributed by atoms with E-state index in [1.807, 2.05) is 12.4 Å². The average molecular weight is 276 g/mol. The van der Waals surface area contributed by atoms with Gasteiger partial charge in [-0.1, -0.05) is 43.3 Å². The molecule has 2 aromatic carbocycles. The van der Waals surface area contributed by atoms with Crippen LogP contribution >= 0.6 is 0 Å². The standard InChI is InChI=1S/C19H20N2/c1-2-9-20-12-15-10-19(14-21-13-15)18-8-7-16-5-3-4-6-17(16)11-18/h3-8,10-11,13-14,20H,2,9,12H2,1H3. The molecule has 0 radical (unpaired) electrons. The van der Waals surface area contributed by atoms with E-state index in [1.165, 1.54) is 27.5 Å². The molecule has 3 rings (SSSR count). The van der Waals surface area contributed by atoms with Crippen molar-refractivity contribution in [3.05, 3.63) is 66.5 Å². The van der Waals surface area contributed by atoms with E-state index in [9.17, 15) is 0 Å². The molecule has 0 aliphatic carbocycles. The van der Waals surface area contributed by atoms with Crippen LogP contribution in [0.15, 0.2) is 60.9 Å². The Kier molecular flexibility index (Phi) is 4.27. The molecule has 0 bridgehead atoms. The summed E-state index contributed by atoms with van der Waals surface area (Å²) in [6, 6.07) is 17.2. The molecule has 0 aliphatic rings. The molecule has 0 spiro atoms. The molecule has 0 saturated heterocycles. The van der Waals surface area contributed by atoms with Gasteiger partial charge in [0.05, 0.1) is 0 Å². The first-order valence-corrected chi connectivity index (χ1v) is 7.50. The molecule has 0 amide bonds. The molecule has 1 heterocycles. The number of nitrogens with one attached hydrogen (secondary N) is 1. The van der Waals surface area contributed by atoms with Crippen molar-refractivity contribution in [3.63, 3.8) is 0 Å².